The third-order valence-corrected chi connectivity index (χ3v) is 8.12. The van der Waals surface area contributed by atoms with Crippen molar-refractivity contribution < 1.29 is 0 Å². The van der Waals surface area contributed by atoms with Crippen molar-refractivity contribution in [1.82, 2.24) is 0 Å². The standard InChI is InChI=1S/C18H22Cl2Si/c1-15-8-10-18(11-9-15)16(2)14-21(19,20)13-12-17-6-4-3-5-7-17/h3-11,16H,12-14H2,1-2H3. The monoisotopic (exact) mass is 336 g/mol. The van der Waals surface area contributed by atoms with Gasteiger partial charge in [-0.1, -0.05) is 67.1 Å². The molecule has 0 nitrogen and oxygen atoms in total. The van der Waals surface area contributed by atoms with Gasteiger partial charge >= 0.3 is 0 Å². The first-order chi connectivity index (χ1) is 9.96. The molecule has 3 heteroatoms. The summed E-state index contributed by atoms with van der Waals surface area (Å²) < 4.78 is 0. The molecular weight excluding hydrogens is 315 g/mol. The third-order valence-electron chi connectivity index (χ3n) is 3.87. The van der Waals surface area contributed by atoms with Gasteiger partial charge in [-0.15, -0.1) is 22.2 Å². The van der Waals surface area contributed by atoms with E-state index in [1.54, 1.807) is 0 Å². The number of benzene rings is 2. The maximum Gasteiger partial charge on any atom is 0.252 e. The second-order valence-corrected chi connectivity index (χ2v) is 13.4. The minimum Gasteiger partial charge on any atom is -0.146 e. The van der Waals surface area contributed by atoms with Gasteiger partial charge in [0.2, 0.25) is 0 Å². The van der Waals surface area contributed by atoms with Crippen molar-refractivity contribution in [3.05, 3.63) is 71.3 Å². The molecule has 0 amide bonds. The van der Waals surface area contributed by atoms with Gasteiger partial charge in [-0.3, -0.25) is 0 Å². The topological polar surface area (TPSA) is 0 Å². The molecule has 2 aromatic rings. The molecule has 0 saturated heterocycles. The van der Waals surface area contributed by atoms with Crippen LogP contribution in [0.3, 0.4) is 0 Å². The average Bonchev–Trinajstić information content (AvgIpc) is 2.46. The molecule has 21 heavy (non-hydrogen) atoms. The summed E-state index contributed by atoms with van der Waals surface area (Å²) >= 11 is 13.3. The van der Waals surface area contributed by atoms with Crippen LogP contribution in [0.2, 0.25) is 12.1 Å². The number of hydrogen-bond donors (Lipinski definition) is 0. The molecule has 0 heterocycles. The van der Waals surface area contributed by atoms with Crippen molar-refractivity contribution in [2.45, 2.75) is 38.3 Å². The van der Waals surface area contributed by atoms with Crippen molar-refractivity contribution in [2.24, 2.45) is 0 Å². The van der Waals surface area contributed by atoms with E-state index in [0.717, 1.165) is 18.5 Å². The van der Waals surface area contributed by atoms with Gasteiger partial charge in [-0.2, -0.15) is 0 Å². The van der Waals surface area contributed by atoms with Gasteiger partial charge in [-0.25, -0.2) is 0 Å². The van der Waals surface area contributed by atoms with Crippen molar-refractivity contribution in [1.29, 1.82) is 0 Å². The zero-order valence-corrected chi connectivity index (χ0v) is 15.2. The Labute approximate surface area is 138 Å². The summed E-state index contributed by atoms with van der Waals surface area (Å²) in [6, 6.07) is 21.0. The Balaban J connectivity index is 1.92. The summed E-state index contributed by atoms with van der Waals surface area (Å²) in [7, 11) is 0. The second-order valence-electron chi connectivity index (χ2n) is 5.86. The van der Waals surface area contributed by atoms with E-state index in [2.05, 4.69) is 62.4 Å². The maximum absolute atomic E-state index is 6.67. The molecule has 0 aliphatic heterocycles. The molecule has 0 spiro atoms. The van der Waals surface area contributed by atoms with Crippen LogP contribution in [0.5, 0.6) is 0 Å². The van der Waals surface area contributed by atoms with Crippen LogP contribution >= 0.6 is 22.2 Å². The van der Waals surface area contributed by atoms with Gasteiger partial charge in [0.15, 0.2) is 0 Å². The van der Waals surface area contributed by atoms with E-state index in [1.165, 1.54) is 16.7 Å². The first-order valence-corrected chi connectivity index (χ1v) is 11.9. The Bertz CT molecular complexity index is 549. The van der Waals surface area contributed by atoms with Gasteiger partial charge in [0, 0.05) is 0 Å². The van der Waals surface area contributed by atoms with Crippen LogP contribution in [0.1, 0.15) is 29.5 Å². The minimum absolute atomic E-state index is 0.419. The Morgan fingerprint density at radius 2 is 1.57 bits per heavy atom. The van der Waals surface area contributed by atoms with Crippen LogP contribution in [0.4, 0.5) is 0 Å². The fourth-order valence-corrected chi connectivity index (χ4v) is 6.48. The predicted octanol–water partition coefficient (Wildman–Crippen LogP) is 6.26. The highest BCUT2D eigenvalue weighted by Crippen LogP contribution is 2.35. The molecule has 0 saturated carbocycles. The lowest BCUT2D eigenvalue weighted by atomic mass is 10.0. The highest BCUT2D eigenvalue weighted by molar-refractivity contribution is 7.45. The number of hydrogen-bond acceptors (Lipinski definition) is 0. The van der Waals surface area contributed by atoms with E-state index in [4.69, 9.17) is 22.2 Å². The lowest BCUT2D eigenvalue weighted by Gasteiger charge is -2.21. The van der Waals surface area contributed by atoms with Crippen LogP contribution in [0.15, 0.2) is 54.6 Å². The van der Waals surface area contributed by atoms with Crippen molar-refractivity contribution in [2.75, 3.05) is 0 Å². The van der Waals surface area contributed by atoms with E-state index in [9.17, 15) is 0 Å². The largest absolute Gasteiger partial charge is 0.252 e. The first kappa shape index (κ1) is 16.6. The van der Waals surface area contributed by atoms with E-state index in [1.807, 2.05) is 6.07 Å². The highest BCUT2D eigenvalue weighted by atomic mass is 35.7. The zero-order valence-electron chi connectivity index (χ0n) is 12.7. The zero-order chi connectivity index (χ0) is 15.3. The number of halogens is 2. The summed E-state index contributed by atoms with van der Waals surface area (Å²) in [5.74, 6) is 0.419. The Kier molecular flexibility index (Phi) is 5.92. The highest BCUT2D eigenvalue weighted by Gasteiger charge is 2.30. The molecule has 0 aliphatic rings. The normalized spacial score (nSPS) is 13.1. The van der Waals surface area contributed by atoms with Crippen LogP contribution in [-0.4, -0.2) is 6.69 Å². The van der Waals surface area contributed by atoms with Crippen LogP contribution in [0.25, 0.3) is 0 Å². The summed E-state index contributed by atoms with van der Waals surface area (Å²) in [6.45, 7) is 2.13. The summed E-state index contributed by atoms with van der Waals surface area (Å²) in [5, 5.41) is 0. The third kappa shape index (κ3) is 5.50. The van der Waals surface area contributed by atoms with Crippen LogP contribution < -0.4 is 0 Å². The summed E-state index contributed by atoms with van der Waals surface area (Å²) in [6.07, 6.45) is 0.973. The Hall–Kier alpha value is -0.763. The molecule has 2 rings (SSSR count). The Morgan fingerprint density at radius 3 is 2.19 bits per heavy atom. The van der Waals surface area contributed by atoms with Crippen molar-refractivity contribution >= 4 is 28.9 Å². The smallest absolute Gasteiger partial charge is 0.146 e. The van der Waals surface area contributed by atoms with E-state index in [-0.39, 0.29) is 0 Å². The molecule has 0 fully saturated rings. The molecule has 0 aliphatic carbocycles. The fourth-order valence-electron chi connectivity index (χ4n) is 2.53. The van der Waals surface area contributed by atoms with Gasteiger partial charge < -0.3 is 0 Å². The van der Waals surface area contributed by atoms with Crippen LogP contribution in [0, 0.1) is 6.92 Å². The molecule has 1 unspecified atom stereocenters. The molecule has 0 radical (unpaired) electrons. The molecule has 1 atom stereocenters. The van der Waals surface area contributed by atoms with Crippen molar-refractivity contribution in [3.63, 3.8) is 0 Å². The van der Waals surface area contributed by atoms with Gasteiger partial charge in [0.25, 0.3) is 6.69 Å². The summed E-state index contributed by atoms with van der Waals surface area (Å²) in [5.41, 5.74) is 3.94. The molecule has 112 valence electrons. The maximum atomic E-state index is 6.67. The lowest BCUT2D eigenvalue weighted by molar-refractivity contribution is 0.848. The second kappa shape index (κ2) is 7.48. The number of rotatable bonds is 6. The Morgan fingerprint density at radius 1 is 0.952 bits per heavy atom. The summed E-state index contributed by atoms with van der Waals surface area (Å²) in [4.78, 5) is 0. The first-order valence-electron chi connectivity index (χ1n) is 7.44. The number of aryl methyl sites for hydroxylation is 2. The van der Waals surface area contributed by atoms with E-state index in [0.29, 0.717) is 5.92 Å². The molecule has 0 bridgehead atoms. The lowest BCUT2D eigenvalue weighted by Crippen LogP contribution is -2.22. The molecule has 0 aromatic heterocycles. The van der Waals surface area contributed by atoms with Gasteiger partial charge in [-0.05, 0) is 42.5 Å². The van der Waals surface area contributed by atoms with E-state index >= 15 is 0 Å². The SMILES string of the molecule is Cc1ccc(C(C)C[Si](Cl)(Cl)CCc2ccccc2)cc1. The fraction of sp³-hybridized carbons (Fsp3) is 0.333. The predicted molar refractivity (Wildman–Crippen MR) is 96.8 cm³/mol. The van der Waals surface area contributed by atoms with Crippen molar-refractivity contribution in [3.8, 4) is 0 Å². The van der Waals surface area contributed by atoms with Gasteiger partial charge in [0.05, 0.1) is 0 Å². The van der Waals surface area contributed by atoms with E-state index < -0.39 is 6.69 Å². The quantitative estimate of drug-likeness (QED) is 0.431. The van der Waals surface area contributed by atoms with Crippen LogP contribution in [-0.2, 0) is 6.42 Å². The molecule has 2 aromatic carbocycles. The average molecular weight is 337 g/mol. The minimum atomic E-state index is -2.20. The van der Waals surface area contributed by atoms with Gasteiger partial charge in [0.1, 0.15) is 0 Å². The molecular formula is C18H22Cl2Si. The molecule has 0 N–H and O–H groups in total.